The average molecular weight is 328 g/mol. The van der Waals surface area contributed by atoms with Crippen molar-refractivity contribution in [3.8, 4) is 0 Å². The summed E-state index contributed by atoms with van der Waals surface area (Å²) in [6, 6.07) is 1.86. The van der Waals surface area contributed by atoms with Gasteiger partial charge in [0, 0.05) is 13.3 Å². The lowest BCUT2D eigenvalue weighted by Crippen LogP contribution is -2.26. The Morgan fingerprint density at radius 1 is 1.58 bits per heavy atom. The van der Waals surface area contributed by atoms with E-state index in [4.69, 9.17) is 4.74 Å². The molecule has 0 aromatic carbocycles. The highest BCUT2D eigenvalue weighted by atomic mass is 79.9. The second-order valence-corrected chi connectivity index (χ2v) is 4.62. The number of ether oxygens (including phenoxy) is 1. The molecule has 2 N–H and O–H groups in total. The minimum Gasteiger partial charge on any atom is -0.383 e. The van der Waals surface area contributed by atoms with E-state index in [2.05, 4.69) is 36.5 Å². The van der Waals surface area contributed by atoms with E-state index < -0.39 is 0 Å². The number of rotatable bonds is 6. The highest BCUT2D eigenvalue weighted by Crippen LogP contribution is 2.16. The fraction of sp³-hybridized carbons (Fsp3) is 0.364. The molecule has 0 radical (unpaired) electrons. The van der Waals surface area contributed by atoms with Crippen LogP contribution < -0.4 is 10.9 Å². The Kier molecular flexibility index (Phi) is 4.69. The number of methoxy groups -OCH3 is 1. The minimum absolute atomic E-state index is 0.188. The molecule has 0 bridgehead atoms. The molecule has 7 nitrogen and oxygen atoms in total. The van der Waals surface area contributed by atoms with Gasteiger partial charge in [-0.2, -0.15) is 10.2 Å². The zero-order valence-corrected chi connectivity index (χ0v) is 12.0. The molecule has 0 saturated carbocycles. The van der Waals surface area contributed by atoms with Gasteiger partial charge in [-0.1, -0.05) is 0 Å². The third-order valence-corrected chi connectivity index (χ3v) is 3.29. The Balaban J connectivity index is 2.09. The number of hydrogen-bond donors (Lipinski definition) is 2. The van der Waals surface area contributed by atoms with Crippen molar-refractivity contribution in [3.05, 3.63) is 39.0 Å². The van der Waals surface area contributed by atoms with Gasteiger partial charge in [0.05, 0.1) is 37.3 Å². The highest BCUT2D eigenvalue weighted by Gasteiger charge is 2.08. The van der Waals surface area contributed by atoms with Crippen molar-refractivity contribution in [2.24, 2.45) is 0 Å². The number of H-pyrrole nitrogens is 1. The summed E-state index contributed by atoms with van der Waals surface area (Å²) >= 11 is 3.28. The van der Waals surface area contributed by atoms with Gasteiger partial charge >= 0.3 is 0 Å². The van der Waals surface area contributed by atoms with Crippen LogP contribution in [0.25, 0.3) is 0 Å². The number of hydrogen-bond acceptors (Lipinski definition) is 5. The predicted molar refractivity (Wildman–Crippen MR) is 74.0 cm³/mol. The van der Waals surface area contributed by atoms with Crippen LogP contribution in [-0.4, -0.2) is 33.7 Å². The molecule has 102 valence electrons. The molecule has 0 amide bonds. The summed E-state index contributed by atoms with van der Waals surface area (Å²) in [6.45, 7) is 1.41. The molecule has 0 aliphatic carbocycles. The molecular formula is C11H14BrN5O2. The van der Waals surface area contributed by atoms with E-state index in [9.17, 15) is 4.79 Å². The topological polar surface area (TPSA) is 84.8 Å². The SMILES string of the molecule is COCCn1ncc(NCc2ccn[nH]2)c(Br)c1=O. The fourth-order valence-corrected chi connectivity index (χ4v) is 1.95. The van der Waals surface area contributed by atoms with Gasteiger partial charge < -0.3 is 10.1 Å². The van der Waals surface area contributed by atoms with Crippen molar-refractivity contribution in [2.75, 3.05) is 19.0 Å². The smallest absolute Gasteiger partial charge is 0.283 e. The lowest BCUT2D eigenvalue weighted by atomic mass is 10.4. The van der Waals surface area contributed by atoms with Gasteiger partial charge in [0.2, 0.25) is 0 Å². The van der Waals surface area contributed by atoms with Crippen LogP contribution in [0.4, 0.5) is 5.69 Å². The normalized spacial score (nSPS) is 10.6. The van der Waals surface area contributed by atoms with Gasteiger partial charge in [0.1, 0.15) is 4.47 Å². The molecule has 19 heavy (non-hydrogen) atoms. The summed E-state index contributed by atoms with van der Waals surface area (Å²) in [4.78, 5) is 12.0. The van der Waals surface area contributed by atoms with E-state index in [1.54, 1.807) is 19.5 Å². The fourth-order valence-electron chi connectivity index (χ4n) is 1.50. The van der Waals surface area contributed by atoms with E-state index in [0.29, 0.717) is 29.9 Å². The van der Waals surface area contributed by atoms with Crippen LogP contribution >= 0.6 is 15.9 Å². The van der Waals surface area contributed by atoms with Crippen molar-refractivity contribution >= 4 is 21.6 Å². The zero-order chi connectivity index (χ0) is 13.7. The quantitative estimate of drug-likeness (QED) is 0.826. The molecule has 2 rings (SSSR count). The zero-order valence-electron chi connectivity index (χ0n) is 10.4. The Morgan fingerprint density at radius 2 is 2.42 bits per heavy atom. The standard InChI is InChI=1S/C11H14BrN5O2/c1-19-5-4-17-11(18)10(12)9(7-15-17)13-6-8-2-3-14-16-8/h2-3,7,13H,4-6H2,1H3,(H,14,16). The molecule has 2 aromatic rings. The van der Waals surface area contributed by atoms with Gasteiger partial charge in [-0.3, -0.25) is 9.89 Å². The summed E-state index contributed by atoms with van der Waals surface area (Å²) in [5.41, 5.74) is 1.38. The van der Waals surface area contributed by atoms with Gasteiger partial charge in [-0.05, 0) is 22.0 Å². The second-order valence-electron chi connectivity index (χ2n) is 3.83. The summed E-state index contributed by atoms with van der Waals surface area (Å²) < 4.78 is 6.74. The predicted octanol–water partition coefficient (Wildman–Crippen LogP) is 0.987. The Hall–Kier alpha value is -1.67. The molecule has 0 spiro atoms. The molecule has 0 aliphatic rings. The maximum absolute atomic E-state index is 12.0. The monoisotopic (exact) mass is 327 g/mol. The van der Waals surface area contributed by atoms with Crippen LogP contribution in [0.15, 0.2) is 27.7 Å². The number of aromatic amines is 1. The first-order valence-corrected chi connectivity index (χ1v) is 6.48. The van der Waals surface area contributed by atoms with Crippen LogP contribution in [0, 0.1) is 0 Å². The van der Waals surface area contributed by atoms with Crippen molar-refractivity contribution in [3.63, 3.8) is 0 Å². The summed E-state index contributed by atoms with van der Waals surface area (Å²) in [5.74, 6) is 0. The van der Waals surface area contributed by atoms with E-state index >= 15 is 0 Å². The number of halogens is 1. The largest absolute Gasteiger partial charge is 0.383 e. The second kappa shape index (κ2) is 6.48. The number of aromatic nitrogens is 4. The van der Waals surface area contributed by atoms with E-state index in [1.165, 1.54) is 4.68 Å². The highest BCUT2D eigenvalue weighted by molar-refractivity contribution is 9.10. The molecule has 2 aromatic heterocycles. The van der Waals surface area contributed by atoms with Crippen LogP contribution in [0.5, 0.6) is 0 Å². The summed E-state index contributed by atoms with van der Waals surface area (Å²) in [5, 5.41) is 13.9. The van der Waals surface area contributed by atoms with Crippen molar-refractivity contribution in [2.45, 2.75) is 13.1 Å². The average Bonchev–Trinajstić information content (AvgIpc) is 2.92. The summed E-state index contributed by atoms with van der Waals surface area (Å²) in [6.07, 6.45) is 3.28. The van der Waals surface area contributed by atoms with Crippen LogP contribution in [0.2, 0.25) is 0 Å². The molecule has 0 fully saturated rings. The molecule has 0 atom stereocenters. The Morgan fingerprint density at radius 3 is 3.11 bits per heavy atom. The van der Waals surface area contributed by atoms with Gasteiger partial charge in [0.25, 0.3) is 5.56 Å². The molecular weight excluding hydrogens is 314 g/mol. The van der Waals surface area contributed by atoms with Gasteiger partial charge in [-0.15, -0.1) is 0 Å². The first kappa shape index (κ1) is 13.8. The van der Waals surface area contributed by atoms with Crippen LogP contribution in [0.3, 0.4) is 0 Å². The molecule has 8 heteroatoms. The minimum atomic E-state index is -0.188. The van der Waals surface area contributed by atoms with Crippen LogP contribution in [0.1, 0.15) is 5.69 Å². The number of nitrogens with one attached hydrogen (secondary N) is 2. The van der Waals surface area contributed by atoms with Crippen molar-refractivity contribution in [1.29, 1.82) is 0 Å². The van der Waals surface area contributed by atoms with Crippen LogP contribution in [-0.2, 0) is 17.8 Å². The molecule has 2 heterocycles. The molecule has 0 saturated heterocycles. The third kappa shape index (κ3) is 3.42. The Bertz CT molecular complexity index is 581. The lowest BCUT2D eigenvalue weighted by molar-refractivity contribution is 0.181. The maximum Gasteiger partial charge on any atom is 0.283 e. The number of anilines is 1. The number of nitrogens with zero attached hydrogens (tertiary/aromatic N) is 3. The molecule has 0 unspecified atom stereocenters. The third-order valence-electron chi connectivity index (χ3n) is 2.52. The van der Waals surface area contributed by atoms with Crippen molar-refractivity contribution < 1.29 is 4.74 Å². The van der Waals surface area contributed by atoms with E-state index in [-0.39, 0.29) is 5.56 Å². The maximum atomic E-state index is 12.0. The van der Waals surface area contributed by atoms with E-state index in [1.807, 2.05) is 6.07 Å². The van der Waals surface area contributed by atoms with Crippen molar-refractivity contribution in [1.82, 2.24) is 20.0 Å². The van der Waals surface area contributed by atoms with E-state index in [0.717, 1.165) is 5.69 Å². The van der Waals surface area contributed by atoms with Gasteiger partial charge in [-0.25, -0.2) is 4.68 Å². The molecule has 0 aliphatic heterocycles. The summed E-state index contributed by atoms with van der Waals surface area (Å²) in [7, 11) is 1.58. The lowest BCUT2D eigenvalue weighted by Gasteiger charge is -2.09. The van der Waals surface area contributed by atoms with Gasteiger partial charge in [0.15, 0.2) is 0 Å². The Labute approximate surface area is 118 Å². The first-order valence-electron chi connectivity index (χ1n) is 5.69. The first-order chi connectivity index (χ1) is 9.22.